The van der Waals surface area contributed by atoms with E-state index in [9.17, 15) is 4.79 Å². The first-order chi connectivity index (χ1) is 12.6. The maximum Gasteiger partial charge on any atom is 0.251 e. The molecule has 1 heterocycles. The Bertz CT molecular complexity index is 692. The lowest BCUT2D eigenvalue weighted by molar-refractivity contribution is 0.0945. The molecular weight excluding hydrogens is 373 g/mol. The number of nitrogens with zero attached hydrogens (tertiary/aromatic N) is 1. The van der Waals surface area contributed by atoms with Crippen LogP contribution in [0, 0.1) is 0 Å². The Morgan fingerprint density at radius 2 is 1.81 bits per heavy atom. The van der Waals surface area contributed by atoms with Crippen LogP contribution in [-0.4, -0.2) is 50.3 Å². The van der Waals surface area contributed by atoms with E-state index >= 15 is 0 Å². The normalized spacial score (nSPS) is 13.6. The molecule has 0 spiro atoms. The third-order valence-corrected chi connectivity index (χ3v) is 4.35. The lowest BCUT2D eigenvalue weighted by Gasteiger charge is -2.30. The molecular formula is C19H23Cl2N3O2. The summed E-state index contributed by atoms with van der Waals surface area (Å²) in [6, 6.07) is 14.8. The summed E-state index contributed by atoms with van der Waals surface area (Å²) in [4.78, 5) is 13.9. The number of nitrogens with one attached hydrogen (secondary N) is 2. The quantitative estimate of drug-likeness (QED) is 0.744. The molecule has 2 aromatic rings. The summed E-state index contributed by atoms with van der Waals surface area (Å²) < 4.78 is 0. The summed E-state index contributed by atoms with van der Waals surface area (Å²) in [5, 5.41) is 15.9. The van der Waals surface area contributed by atoms with Gasteiger partial charge in [-0.1, -0.05) is 41.4 Å². The van der Waals surface area contributed by atoms with E-state index in [-0.39, 0.29) is 19.1 Å². The van der Waals surface area contributed by atoms with Gasteiger partial charge in [-0.2, -0.15) is 0 Å². The van der Waals surface area contributed by atoms with Crippen LogP contribution in [0.25, 0.3) is 0 Å². The molecule has 5 nitrogen and oxygen atoms in total. The van der Waals surface area contributed by atoms with Crippen LogP contribution in [0.15, 0.2) is 48.5 Å². The Kier molecular flexibility index (Phi) is 8.71. The van der Waals surface area contributed by atoms with Gasteiger partial charge in [-0.15, -0.1) is 0 Å². The van der Waals surface area contributed by atoms with Crippen LogP contribution in [0.5, 0.6) is 0 Å². The largest absolute Gasteiger partial charge is 0.395 e. The number of aliphatic hydroxyl groups excluding tert-OH is 1. The number of rotatable bonds is 4. The first kappa shape index (κ1) is 20.5. The van der Waals surface area contributed by atoms with Crippen LogP contribution in [0.1, 0.15) is 10.4 Å². The fraction of sp³-hybridized carbons (Fsp3) is 0.316. The number of anilines is 1. The lowest BCUT2D eigenvalue weighted by atomic mass is 10.1. The van der Waals surface area contributed by atoms with E-state index in [1.165, 1.54) is 0 Å². The molecule has 0 unspecified atom stereocenters. The Hall–Kier alpha value is -1.79. The third kappa shape index (κ3) is 6.50. The van der Waals surface area contributed by atoms with Gasteiger partial charge in [0.15, 0.2) is 0 Å². The number of hydrogen-bond acceptors (Lipinski definition) is 4. The van der Waals surface area contributed by atoms with E-state index in [4.69, 9.17) is 28.3 Å². The van der Waals surface area contributed by atoms with Crippen molar-refractivity contribution in [3.8, 4) is 0 Å². The number of halogens is 2. The van der Waals surface area contributed by atoms with Crippen LogP contribution in [0.4, 0.5) is 5.69 Å². The summed E-state index contributed by atoms with van der Waals surface area (Å²) >= 11 is 11.8. The van der Waals surface area contributed by atoms with E-state index in [1.54, 1.807) is 12.1 Å². The van der Waals surface area contributed by atoms with Crippen molar-refractivity contribution in [1.29, 1.82) is 0 Å². The SMILES string of the molecule is Clc1ccccc1.O=C(NCCO)c1ccc(N2CCNCC2)c(Cl)c1. The number of benzene rings is 2. The molecule has 0 aliphatic carbocycles. The summed E-state index contributed by atoms with van der Waals surface area (Å²) in [6.45, 7) is 3.88. The van der Waals surface area contributed by atoms with Crippen LogP contribution < -0.4 is 15.5 Å². The van der Waals surface area contributed by atoms with Crippen molar-refractivity contribution < 1.29 is 9.90 Å². The van der Waals surface area contributed by atoms with Gasteiger partial charge in [-0.3, -0.25) is 4.79 Å². The van der Waals surface area contributed by atoms with E-state index < -0.39 is 0 Å². The van der Waals surface area contributed by atoms with Crippen molar-refractivity contribution in [3.63, 3.8) is 0 Å². The molecule has 0 bridgehead atoms. The molecule has 1 amide bonds. The predicted molar refractivity (Wildman–Crippen MR) is 107 cm³/mol. The second-order valence-electron chi connectivity index (χ2n) is 5.68. The van der Waals surface area contributed by atoms with Gasteiger partial charge in [-0.05, 0) is 30.3 Å². The zero-order valence-electron chi connectivity index (χ0n) is 14.4. The molecule has 3 N–H and O–H groups in total. The van der Waals surface area contributed by atoms with Gasteiger partial charge in [-0.25, -0.2) is 0 Å². The molecule has 1 saturated heterocycles. The van der Waals surface area contributed by atoms with Crippen molar-refractivity contribution >= 4 is 34.8 Å². The lowest BCUT2D eigenvalue weighted by Crippen LogP contribution is -2.43. The Labute approximate surface area is 163 Å². The molecule has 3 rings (SSSR count). The highest BCUT2D eigenvalue weighted by molar-refractivity contribution is 6.33. The fourth-order valence-corrected chi connectivity index (χ4v) is 2.94. The van der Waals surface area contributed by atoms with Gasteiger partial charge in [0.2, 0.25) is 0 Å². The molecule has 0 radical (unpaired) electrons. The maximum absolute atomic E-state index is 11.7. The molecule has 1 aliphatic heterocycles. The highest BCUT2D eigenvalue weighted by Crippen LogP contribution is 2.27. The van der Waals surface area contributed by atoms with E-state index in [1.807, 2.05) is 36.4 Å². The smallest absolute Gasteiger partial charge is 0.251 e. The third-order valence-electron chi connectivity index (χ3n) is 3.80. The molecule has 1 fully saturated rings. The van der Waals surface area contributed by atoms with Gasteiger partial charge in [0.25, 0.3) is 5.91 Å². The van der Waals surface area contributed by atoms with Gasteiger partial charge >= 0.3 is 0 Å². The highest BCUT2D eigenvalue weighted by atomic mass is 35.5. The zero-order chi connectivity index (χ0) is 18.8. The molecule has 0 aromatic heterocycles. The summed E-state index contributed by atoms with van der Waals surface area (Å²) in [6.07, 6.45) is 0. The van der Waals surface area contributed by atoms with Gasteiger partial charge in [0.05, 0.1) is 17.3 Å². The fourth-order valence-electron chi connectivity index (χ4n) is 2.50. The monoisotopic (exact) mass is 395 g/mol. The van der Waals surface area contributed by atoms with Gasteiger partial charge in [0, 0.05) is 43.3 Å². The van der Waals surface area contributed by atoms with Crippen LogP contribution in [0.2, 0.25) is 10.0 Å². The van der Waals surface area contributed by atoms with E-state index in [0.717, 1.165) is 36.9 Å². The zero-order valence-corrected chi connectivity index (χ0v) is 15.9. The van der Waals surface area contributed by atoms with Gasteiger partial charge in [0.1, 0.15) is 0 Å². The molecule has 0 saturated carbocycles. The van der Waals surface area contributed by atoms with Crippen LogP contribution >= 0.6 is 23.2 Å². The second kappa shape index (κ2) is 11.0. The molecule has 2 aromatic carbocycles. The van der Waals surface area contributed by atoms with Crippen LogP contribution in [-0.2, 0) is 0 Å². The predicted octanol–water partition coefficient (Wildman–Crippen LogP) is 2.81. The van der Waals surface area contributed by atoms with Crippen LogP contribution in [0.3, 0.4) is 0 Å². The second-order valence-corrected chi connectivity index (χ2v) is 6.52. The molecule has 1 aliphatic rings. The number of piperazine rings is 1. The summed E-state index contributed by atoms with van der Waals surface area (Å²) in [5.74, 6) is -0.220. The first-order valence-corrected chi connectivity index (χ1v) is 9.22. The van der Waals surface area contributed by atoms with Crippen molar-refractivity contribution in [3.05, 3.63) is 64.1 Å². The van der Waals surface area contributed by atoms with Crippen molar-refractivity contribution in [2.45, 2.75) is 0 Å². The molecule has 26 heavy (non-hydrogen) atoms. The van der Waals surface area contributed by atoms with E-state index in [2.05, 4.69) is 15.5 Å². The number of carbonyl (C=O) groups is 1. The summed E-state index contributed by atoms with van der Waals surface area (Å²) in [7, 11) is 0. The van der Waals surface area contributed by atoms with Crippen molar-refractivity contribution in [2.75, 3.05) is 44.2 Å². The van der Waals surface area contributed by atoms with Crippen molar-refractivity contribution in [2.24, 2.45) is 0 Å². The number of aliphatic hydroxyl groups is 1. The topological polar surface area (TPSA) is 64.6 Å². The number of carbonyl (C=O) groups excluding carboxylic acids is 1. The summed E-state index contributed by atoms with van der Waals surface area (Å²) in [5.41, 5.74) is 1.47. The van der Waals surface area contributed by atoms with Gasteiger partial charge < -0.3 is 20.6 Å². The molecule has 140 valence electrons. The Balaban J connectivity index is 0.000000290. The average molecular weight is 396 g/mol. The minimum atomic E-state index is -0.220. The number of amides is 1. The number of hydrogen-bond donors (Lipinski definition) is 3. The Morgan fingerprint density at radius 1 is 1.12 bits per heavy atom. The minimum absolute atomic E-state index is 0.0711. The van der Waals surface area contributed by atoms with E-state index in [0.29, 0.717) is 10.6 Å². The average Bonchev–Trinajstić information content (AvgIpc) is 2.68. The first-order valence-electron chi connectivity index (χ1n) is 8.46. The maximum atomic E-state index is 11.7. The minimum Gasteiger partial charge on any atom is -0.395 e. The molecule has 0 atom stereocenters. The standard InChI is InChI=1S/C13H18ClN3O2.C6H5Cl/c14-11-9-10(13(19)16-5-8-18)1-2-12(11)17-6-3-15-4-7-17;7-6-4-2-1-3-5-6/h1-2,9,15,18H,3-8H2,(H,16,19);1-5H. The molecule has 7 heteroatoms. The van der Waals surface area contributed by atoms with Crippen molar-refractivity contribution in [1.82, 2.24) is 10.6 Å². The highest BCUT2D eigenvalue weighted by Gasteiger charge is 2.15. The Morgan fingerprint density at radius 3 is 2.35 bits per heavy atom.